The molecule has 1 rings (SSSR count). The van der Waals surface area contributed by atoms with Crippen LogP contribution in [-0.4, -0.2) is 48.5 Å². The molecular formula is C22H36N7O4. The zero-order chi connectivity index (χ0) is 24.8. The topological polar surface area (TPSA) is 152 Å². The molecule has 0 aliphatic rings. The molecule has 0 aliphatic heterocycles. The van der Waals surface area contributed by atoms with Crippen molar-refractivity contribution in [2.75, 3.05) is 24.5 Å². The number of carbonyl (C=O) groups excluding carboxylic acids is 2. The minimum Gasteiger partial charge on any atom is -0.372 e. The van der Waals surface area contributed by atoms with Gasteiger partial charge in [0.2, 0.25) is 5.91 Å². The molecule has 0 saturated carbocycles. The minimum atomic E-state index is -0.831. The van der Waals surface area contributed by atoms with Gasteiger partial charge in [-0.1, -0.05) is 19.3 Å². The molecule has 1 atom stereocenters. The Hall–Kier alpha value is -3.37. The zero-order valence-corrected chi connectivity index (χ0v) is 19.8. The molecule has 1 aromatic rings. The SMILES string of the molecule is CCN(CC)c1ccc(C(=O)N[C@@H](CCCNC(=N)N[N+](=O)[O-])C(=O)N[CH]CC(C)C)cc1. The maximum absolute atomic E-state index is 12.8. The summed E-state index contributed by atoms with van der Waals surface area (Å²) in [5.41, 5.74) is 3.17. The molecule has 0 fully saturated rings. The van der Waals surface area contributed by atoms with E-state index in [2.05, 4.69) is 34.7 Å². The van der Waals surface area contributed by atoms with E-state index >= 15 is 0 Å². The van der Waals surface area contributed by atoms with Crippen molar-refractivity contribution in [1.29, 1.82) is 5.41 Å². The highest BCUT2D eigenvalue weighted by atomic mass is 16.7. The molecule has 5 N–H and O–H groups in total. The predicted octanol–water partition coefficient (Wildman–Crippen LogP) is 2.04. The average molecular weight is 463 g/mol. The number of carbonyl (C=O) groups is 2. The fraction of sp³-hybridized carbons (Fsp3) is 0.545. The molecule has 0 aliphatic carbocycles. The first-order valence-electron chi connectivity index (χ1n) is 11.2. The van der Waals surface area contributed by atoms with Crippen LogP contribution in [0.2, 0.25) is 0 Å². The number of anilines is 1. The van der Waals surface area contributed by atoms with Gasteiger partial charge >= 0.3 is 0 Å². The van der Waals surface area contributed by atoms with E-state index in [0.717, 1.165) is 18.8 Å². The van der Waals surface area contributed by atoms with Crippen molar-refractivity contribution in [1.82, 2.24) is 21.4 Å². The number of benzene rings is 1. The van der Waals surface area contributed by atoms with E-state index in [1.165, 1.54) is 0 Å². The van der Waals surface area contributed by atoms with Gasteiger partial charge in [0.05, 0.1) is 0 Å². The van der Waals surface area contributed by atoms with Gasteiger partial charge in [-0.05, 0) is 63.3 Å². The molecule has 1 aromatic carbocycles. The number of nitro groups is 1. The molecular weight excluding hydrogens is 426 g/mol. The van der Waals surface area contributed by atoms with Crippen molar-refractivity contribution < 1.29 is 14.6 Å². The summed E-state index contributed by atoms with van der Waals surface area (Å²) in [5.74, 6) is -0.751. The summed E-state index contributed by atoms with van der Waals surface area (Å²) >= 11 is 0. The lowest BCUT2D eigenvalue weighted by Crippen LogP contribution is -2.46. The molecule has 183 valence electrons. The number of hydrogen-bond acceptors (Lipinski definition) is 6. The lowest BCUT2D eigenvalue weighted by Gasteiger charge is -2.21. The number of guanidine groups is 1. The van der Waals surface area contributed by atoms with Gasteiger partial charge in [0.15, 0.2) is 5.03 Å². The molecule has 0 heterocycles. The second-order valence-corrected chi connectivity index (χ2v) is 7.90. The predicted molar refractivity (Wildman–Crippen MR) is 128 cm³/mol. The first-order valence-corrected chi connectivity index (χ1v) is 11.2. The van der Waals surface area contributed by atoms with E-state index in [0.29, 0.717) is 30.7 Å². The molecule has 33 heavy (non-hydrogen) atoms. The molecule has 1 radical (unpaired) electrons. The summed E-state index contributed by atoms with van der Waals surface area (Å²) in [6, 6.07) is 6.43. The fourth-order valence-corrected chi connectivity index (χ4v) is 3.07. The monoisotopic (exact) mass is 462 g/mol. The number of nitrogens with one attached hydrogen (secondary N) is 5. The van der Waals surface area contributed by atoms with Crippen LogP contribution in [0.15, 0.2) is 24.3 Å². The molecule has 2 amide bonds. The fourth-order valence-electron chi connectivity index (χ4n) is 3.07. The lowest BCUT2D eigenvalue weighted by molar-refractivity contribution is -0.525. The Kier molecular flexibility index (Phi) is 12.3. The third-order valence-corrected chi connectivity index (χ3v) is 4.89. The number of amides is 2. The Morgan fingerprint density at radius 1 is 1.18 bits per heavy atom. The van der Waals surface area contributed by atoms with Gasteiger partial charge in [-0.3, -0.25) is 15.0 Å². The van der Waals surface area contributed by atoms with Gasteiger partial charge in [-0.25, -0.2) is 10.1 Å². The van der Waals surface area contributed by atoms with E-state index in [-0.39, 0.29) is 18.4 Å². The van der Waals surface area contributed by atoms with Crippen LogP contribution < -0.4 is 26.3 Å². The van der Waals surface area contributed by atoms with E-state index in [4.69, 9.17) is 5.41 Å². The molecule has 11 heteroatoms. The van der Waals surface area contributed by atoms with Gasteiger partial charge in [-0.15, -0.1) is 0 Å². The van der Waals surface area contributed by atoms with Gasteiger partial charge < -0.3 is 20.9 Å². The van der Waals surface area contributed by atoms with E-state index in [9.17, 15) is 19.7 Å². The summed E-state index contributed by atoms with van der Waals surface area (Å²) in [6.45, 7) is 11.8. The number of hydrogen-bond donors (Lipinski definition) is 5. The second kappa shape index (κ2) is 14.6. The van der Waals surface area contributed by atoms with Crippen LogP contribution >= 0.6 is 0 Å². The number of hydrazine groups is 1. The first kappa shape index (κ1) is 27.7. The third-order valence-electron chi connectivity index (χ3n) is 4.89. The summed E-state index contributed by atoms with van der Waals surface area (Å²) in [7, 11) is 0. The molecule has 0 aromatic heterocycles. The van der Waals surface area contributed by atoms with Gasteiger partial charge in [0.25, 0.3) is 11.9 Å². The van der Waals surface area contributed by atoms with Gasteiger partial charge in [0.1, 0.15) is 6.04 Å². The maximum Gasteiger partial charge on any atom is 0.251 e. The smallest absolute Gasteiger partial charge is 0.251 e. The van der Waals surface area contributed by atoms with E-state index in [1.807, 2.05) is 26.0 Å². The Morgan fingerprint density at radius 3 is 2.36 bits per heavy atom. The Morgan fingerprint density at radius 2 is 1.82 bits per heavy atom. The zero-order valence-electron chi connectivity index (χ0n) is 19.8. The van der Waals surface area contributed by atoms with Crippen LogP contribution in [0.4, 0.5) is 5.69 Å². The van der Waals surface area contributed by atoms with Crippen LogP contribution in [0.25, 0.3) is 0 Å². The van der Waals surface area contributed by atoms with Crippen molar-refractivity contribution >= 4 is 23.5 Å². The number of nitrogens with zero attached hydrogens (tertiary/aromatic N) is 2. The second-order valence-electron chi connectivity index (χ2n) is 7.90. The standard InChI is InChI=1S/C22H36N7O4/c1-5-28(6-2)18-11-9-17(10-12-18)20(30)26-19(21(31)24-15-13-16(3)4)8-7-14-25-22(23)27-29(32)33/h9-12,15-16,19H,5-8,13-14H2,1-4H3,(H,24,31)(H,26,30)(H3,23,25,27)/t19-/m0/s1. The van der Waals surface area contributed by atoms with E-state index < -0.39 is 17.0 Å². The first-order chi connectivity index (χ1) is 15.7. The minimum absolute atomic E-state index is 0.230. The van der Waals surface area contributed by atoms with Gasteiger partial charge in [-0.2, -0.15) is 0 Å². The molecule has 0 spiro atoms. The van der Waals surface area contributed by atoms with Gasteiger partial charge in [0, 0.05) is 37.4 Å². The highest BCUT2D eigenvalue weighted by Crippen LogP contribution is 2.15. The Bertz CT molecular complexity index is 779. The van der Waals surface area contributed by atoms with Crippen molar-refractivity contribution in [2.45, 2.75) is 53.0 Å². The Labute approximate surface area is 195 Å². The summed E-state index contributed by atoms with van der Waals surface area (Å²) in [6.07, 6.45) is 1.40. The van der Waals surface area contributed by atoms with Crippen molar-refractivity contribution in [2.24, 2.45) is 5.92 Å². The average Bonchev–Trinajstić information content (AvgIpc) is 2.76. The number of rotatable bonds is 14. The lowest BCUT2D eigenvalue weighted by atomic mass is 10.1. The van der Waals surface area contributed by atoms with Crippen molar-refractivity contribution in [3.63, 3.8) is 0 Å². The van der Waals surface area contributed by atoms with Crippen LogP contribution in [0.1, 0.15) is 57.3 Å². The summed E-state index contributed by atoms with van der Waals surface area (Å²) in [5, 5.41) is 25.0. The Balaban J connectivity index is 2.74. The highest BCUT2D eigenvalue weighted by Gasteiger charge is 2.21. The molecule has 0 bridgehead atoms. The van der Waals surface area contributed by atoms with Crippen LogP contribution in [0, 0.1) is 28.0 Å². The van der Waals surface area contributed by atoms with Crippen molar-refractivity contribution in [3.05, 3.63) is 46.5 Å². The quantitative estimate of drug-likeness (QED) is 0.0932. The van der Waals surface area contributed by atoms with E-state index in [1.54, 1.807) is 24.1 Å². The summed E-state index contributed by atoms with van der Waals surface area (Å²) in [4.78, 5) is 37.9. The highest BCUT2D eigenvalue weighted by molar-refractivity contribution is 5.97. The third kappa shape index (κ3) is 10.7. The van der Waals surface area contributed by atoms with Crippen LogP contribution in [0.5, 0.6) is 0 Å². The van der Waals surface area contributed by atoms with Crippen LogP contribution in [0.3, 0.4) is 0 Å². The molecule has 0 unspecified atom stereocenters. The maximum atomic E-state index is 12.8. The summed E-state index contributed by atoms with van der Waals surface area (Å²) < 4.78 is 0. The van der Waals surface area contributed by atoms with Crippen LogP contribution in [-0.2, 0) is 4.79 Å². The normalized spacial score (nSPS) is 11.4. The van der Waals surface area contributed by atoms with Crippen molar-refractivity contribution in [3.8, 4) is 0 Å². The largest absolute Gasteiger partial charge is 0.372 e. The molecule has 0 saturated heterocycles. The molecule has 11 nitrogen and oxygen atoms in total.